The zero-order valence-corrected chi connectivity index (χ0v) is 11.6. The SMILES string of the molecule is O=C1CC(Br)CN1Cc1cc(F)ccc1Br. The van der Waals surface area contributed by atoms with Crippen LogP contribution in [0, 0.1) is 5.82 Å². The summed E-state index contributed by atoms with van der Waals surface area (Å²) < 4.78 is 13.9. The van der Waals surface area contributed by atoms with E-state index in [0.717, 1.165) is 10.0 Å². The van der Waals surface area contributed by atoms with Gasteiger partial charge in [-0.3, -0.25) is 4.79 Å². The molecule has 0 aromatic heterocycles. The molecular weight excluding hydrogens is 341 g/mol. The first-order valence-corrected chi connectivity index (χ1v) is 6.63. The minimum absolute atomic E-state index is 0.109. The summed E-state index contributed by atoms with van der Waals surface area (Å²) in [5.74, 6) is -0.168. The predicted molar refractivity (Wildman–Crippen MR) is 66.8 cm³/mol. The maximum absolute atomic E-state index is 13.1. The smallest absolute Gasteiger partial charge is 0.224 e. The van der Waals surface area contributed by atoms with Crippen molar-refractivity contribution in [1.82, 2.24) is 4.90 Å². The van der Waals surface area contributed by atoms with Gasteiger partial charge in [-0.1, -0.05) is 31.9 Å². The van der Waals surface area contributed by atoms with E-state index in [4.69, 9.17) is 0 Å². The van der Waals surface area contributed by atoms with Gasteiger partial charge in [0.1, 0.15) is 5.82 Å². The number of amides is 1. The number of halogens is 3. The van der Waals surface area contributed by atoms with Crippen LogP contribution in [-0.2, 0) is 11.3 Å². The second kappa shape index (κ2) is 4.84. The highest BCUT2D eigenvalue weighted by Gasteiger charge is 2.27. The number of carbonyl (C=O) groups excluding carboxylic acids is 1. The van der Waals surface area contributed by atoms with Crippen molar-refractivity contribution in [2.24, 2.45) is 0 Å². The van der Waals surface area contributed by atoms with Gasteiger partial charge in [0.05, 0.1) is 0 Å². The van der Waals surface area contributed by atoms with Gasteiger partial charge < -0.3 is 4.90 Å². The number of hydrogen-bond acceptors (Lipinski definition) is 1. The minimum Gasteiger partial charge on any atom is -0.337 e. The van der Waals surface area contributed by atoms with Crippen LogP contribution in [0.15, 0.2) is 22.7 Å². The van der Waals surface area contributed by atoms with Crippen molar-refractivity contribution >= 4 is 37.8 Å². The average Bonchev–Trinajstić information content (AvgIpc) is 2.51. The summed E-state index contributed by atoms with van der Waals surface area (Å²) in [6.07, 6.45) is 0.521. The lowest BCUT2D eigenvalue weighted by Crippen LogP contribution is -2.24. The Bertz CT molecular complexity index is 424. The monoisotopic (exact) mass is 349 g/mol. The van der Waals surface area contributed by atoms with Crippen LogP contribution in [0.3, 0.4) is 0 Å². The Morgan fingerprint density at radius 1 is 1.50 bits per heavy atom. The molecule has 1 amide bonds. The van der Waals surface area contributed by atoms with E-state index in [9.17, 15) is 9.18 Å². The molecule has 2 rings (SSSR count). The van der Waals surface area contributed by atoms with E-state index < -0.39 is 0 Å². The second-order valence-corrected chi connectivity index (χ2v) is 5.96. The summed E-state index contributed by atoms with van der Waals surface area (Å²) in [4.78, 5) is 13.5. The van der Waals surface area contributed by atoms with Crippen molar-refractivity contribution in [3.63, 3.8) is 0 Å². The molecule has 1 unspecified atom stereocenters. The molecule has 0 aliphatic carbocycles. The van der Waals surface area contributed by atoms with Gasteiger partial charge >= 0.3 is 0 Å². The second-order valence-electron chi connectivity index (χ2n) is 3.81. The zero-order valence-electron chi connectivity index (χ0n) is 8.42. The highest BCUT2D eigenvalue weighted by molar-refractivity contribution is 9.10. The summed E-state index contributed by atoms with van der Waals surface area (Å²) in [5.41, 5.74) is 0.801. The van der Waals surface area contributed by atoms with Crippen molar-refractivity contribution in [3.8, 4) is 0 Å². The van der Waals surface area contributed by atoms with Crippen LogP contribution < -0.4 is 0 Å². The summed E-state index contributed by atoms with van der Waals surface area (Å²) in [7, 11) is 0. The Morgan fingerprint density at radius 3 is 2.88 bits per heavy atom. The van der Waals surface area contributed by atoms with Gasteiger partial charge in [-0.25, -0.2) is 4.39 Å². The van der Waals surface area contributed by atoms with Crippen molar-refractivity contribution in [2.45, 2.75) is 17.8 Å². The lowest BCUT2D eigenvalue weighted by atomic mass is 10.2. The molecular formula is C11H10Br2FNO. The molecule has 0 N–H and O–H groups in total. The van der Waals surface area contributed by atoms with Crippen LogP contribution in [0.1, 0.15) is 12.0 Å². The summed E-state index contributed by atoms with van der Waals surface area (Å²) in [6.45, 7) is 1.14. The molecule has 0 bridgehead atoms. The molecule has 0 saturated carbocycles. The fraction of sp³-hybridized carbons (Fsp3) is 0.364. The molecule has 1 aliphatic heterocycles. The first-order valence-electron chi connectivity index (χ1n) is 4.92. The summed E-state index contributed by atoms with van der Waals surface area (Å²) in [6, 6.07) is 4.52. The first-order chi connectivity index (χ1) is 7.56. The number of hydrogen-bond donors (Lipinski definition) is 0. The Balaban J connectivity index is 2.15. The first kappa shape index (κ1) is 12.0. The van der Waals surface area contributed by atoms with Gasteiger partial charge in [-0.15, -0.1) is 0 Å². The Hall–Kier alpha value is -0.420. The van der Waals surface area contributed by atoms with E-state index in [0.29, 0.717) is 19.5 Å². The largest absolute Gasteiger partial charge is 0.337 e. The van der Waals surface area contributed by atoms with E-state index in [1.807, 2.05) is 0 Å². The van der Waals surface area contributed by atoms with E-state index in [-0.39, 0.29) is 16.6 Å². The van der Waals surface area contributed by atoms with Crippen LogP contribution in [0.2, 0.25) is 0 Å². The van der Waals surface area contributed by atoms with Crippen molar-refractivity contribution in [1.29, 1.82) is 0 Å². The summed E-state index contributed by atoms with van der Waals surface area (Å²) >= 11 is 6.77. The van der Waals surface area contributed by atoms with Gasteiger partial charge in [0.15, 0.2) is 0 Å². The molecule has 0 radical (unpaired) electrons. The topological polar surface area (TPSA) is 20.3 Å². The number of rotatable bonds is 2. The van der Waals surface area contributed by atoms with Gasteiger partial charge in [-0.2, -0.15) is 0 Å². The van der Waals surface area contributed by atoms with Crippen molar-refractivity contribution in [2.75, 3.05) is 6.54 Å². The van der Waals surface area contributed by atoms with Gasteiger partial charge in [0.2, 0.25) is 5.91 Å². The minimum atomic E-state index is -0.278. The number of benzene rings is 1. The standard InChI is InChI=1S/C11H10Br2FNO/c12-8-4-11(16)15(6-8)5-7-3-9(14)1-2-10(7)13/h1-3,8H,4-6H2. The Morgan fingerprint density at radius 2 is 2.25 bits per heavy atom. The van der Waals surface area contributed by atoms with E-state index in [1.54, 1.807) is 11.0 Å². The molecule has 1 aromatic rings. The molecule has 1 atom stereocenters. The molecule has 1 heterocycles. The van der Waals surface area contributed by atoms with Crippen LogP contribution >= 0.6 is 31.9 Å². The van der Waals surface area contributed by atoms with E-state index in [1.165, 1.54) is 12.1 Å². The Kier molecular flexibility index (Phi) is 3.64. The third kappa shape index (κ3) is 2.63. The highest BCUT2D eigenvalue weighted by Crippen LogP contribution is 2.24. The lowest BCUT2D eigenvalue weighted by molar-refractivity contribution is -0.128. The normalized spacial score (nSPS) is 20.6. The zero-order chi connectivity index (χ0) is 11.7. The number of likely N-dealkylation sites (tertiary alicyclic amines) is 1. The quantitative estimate of drug-likeness (QED) is 0.750. The maximum Gasteiger partial charge on any atom is 0.224 e. The van der Waals surface area contributed by atoms with Crippen LogP contribution in [0.4, 0.5) is 4.39 Å². The lowest BCUT2D eigenvalue weighted by Gasteiger charge is -2.16. The molecule has 1 saturated heterocycles. The van der Waals surface area contributed by atoms with Crippen LogP contribution in [0.25, 0.3) is 0 Å². The molecule has 1 aliphatic rings. The van der Waals surface area contributed by atoms with Crippen LogP contribution in [0.5, 0.6) is 0 Å². The average molecular weight is 351 g/mol. The summed E-state index contributed by atoms with van der Waals surface area (Å²) in [5, 5.41) is 0. The van der Waals surface area contributed by atoms with Crippen molar-refractivity contribution in [3.05, 3.63) is 34.1 Å². The molecule has 1 aromatic carbocycles. The van der Waals surface area contributed by atoms with Gasteiger partial charge in [0, 0.05) is 28.8 Å². The fourth-order valence-corrected chi connectivity index (χ4v) is 2.75. The molecule has 16 heavy (non-hydrogen) atoms. The predicted octanol–water partition coefficient (Wildman–Crippen LogP) is 3.08. The van der Waals surface area contributed by atoms with Crippen LogP contribution in [-0.4, -0.2) is 22.2 Å². The molecule has 5 heteroatoms. The highest BCUT2D eigenvalue weighted by atomic mass is 79.9. The third-order valence-corrected chi connectivity index (χ3v) is 3.92. The molecule has 1 fully saturated rings. The molecule has 2 nitrogen and oxygen atoms in total. The van der Waals surface area contributed by atoms with E-state index >= 15 is 0 Å². The van der Waals surface area contributed by atoms with Gasteiger partial charge in [0.25, 0.3) is 0 Å². The fourth-order valence-electron chi connectivity index (χ4n) is 1.75. The van der Waals surface area contributed by atoms with Gasteiger partial charge in [-0.05, 0) is 23.8 Å². The number of nitrogens with zero attached hydrogens (tertiary/aromatic N) is 1. The van der Waals surface area contributed by atoms with Crippen molar-refractivity contribution < 1.29 is 9.18 Å². The Labute approximate surface area is 110 Å². The maximum atomic E-state index is 13.1. The van der Waals surface area contributed by atoms with E-state index in [2.05, 4.69) is 31.9 Å². The third-order valence-electron chi connectivity index (χ3n) is 2.54. The number of carbonyl (C=O) groups is 1. The number of alkyl halides is 1. The molecule has 86 valence electrons. The molecule has 0 spiro atoms.